The lowest BCUT2D eigenvalue weighted by molar-refractivity contribution is 0.304. The summed E-state index contributed by atoms with van der Waals surface area (Å²) >= 11 is 3.08. The zero-order chi connectivity index (χ0) is 21.3. The fourth-order valence-electron chi connectivity index (χ4n) is 3.31. The average Bonchev–Trinajstić information content (AvgIpc) is 3.45. The number of hydrogen-bond acceptors (Lipinski definition) is 8. The summed E-state index contributed by atoms with van der Waals surface area (Å²) in [6, 6.07) is 3.97. The first kappa shape index (κ1) is 20.9. The molecule has 10 nitrogen and oxygen atoms in total. The molecular formula is C17H17BrFN5O5S. The topological polar surface area (TPSA) is 124 Å². The van der Waals surface area contributed by atoms with Gasteiger partial charge in [-0.2, -0.15) is 0 Å². The summed E-state index contributed by atoms with van der Waals surface area (Å²) in [5.74, 6) is -1.30. The fourth-order valence-corrected chi connectivity index (χ4v) is 5.26. The zero-order valence-corrected chi connectivity index (χ0v) is 18.0. The lowest BCUT2D eigenvalue weighted by Crippen LogP contribution is -2.30. The summed E-state index contributed by atoms with van der Waals surface area (Å²) in [4.78, 5) is 12.2. The number of benzene rings is 1. The van der Waals surface area contributed by atoms with Crippen LogP contribution >= 0.6 is 15.9 Å². The van der Waals surface area contributed by atoms with Crippen molar-refractivity contribution in [1.82, 2.24) is 24.3 Å². The van der Waals surface area contributed by atoms with E-state index in [1.807, 2.05) is 0 Å². The van der Waals surface area contributed by atoms with Crippen LogP contribution in [-0.4, -0.2) is 51.6 Å². The second kappa shape index (κ2) is 8.40. The van der Waals surface area contributed by atoms with E-state index in [9.17, 15) is 17.6 Å². The first-order valence-corrected chi connectivity index (χ1v) is 11.6. The predicted octanol–water partition coefficient (Wildman–Crippen LogP) is 2.14. The van der Waals surface area contributed by atoms with Crippen molar-refractivity contribution < 1.29 is 22.0 Å². The highest BCUT2D eigenvalue weighted by Gasteiger charge is 2.26. The molecule has 1 aromatic carbocycles. The van der Waals surface area contributed by atoms with Crippen LogP contribution in [0.4, 0.5) is 4.39 Å². The third-order valence-corrected chi connectivity index (χ3v) is 7.37. The number of sulfonamides is 1. The third-order valence-electron chi connectivity index (χ3n) is 4.81. The number of halogens is 2. The van der Waals surface area contributed by atoms with Gasteiger partial charge in [0, 0.05) is 13.1 Å². The number of nitrogens with zero attached hydrogens (tertiary/aromatic N) is 5. The molecule has 1 saturated heterocycles. The Labute approximate surface area is 178 Å². The Bertz CT molecular complexity index is 1220. The lowest BCUT2D eigenvalue weighted by atomic mass is 10.2. The van der Waals surface area contributed by atoms with Crippen LogP contribution in [0, 0.1) is 5.82 Å². The van der Waals surface area contributed by atoms with E-state index in [0.29, 0.717) is 30.9 Å². The monoisotopic (exact) mass is 501 g/mol. The summed E-state index contributed by atoms with van der Waals surface area (Å²) in [7, 11) is -3.32. The van der Waals surface area contributed by atoms with Gasteiger partial charge in [0.2, 0.25) is 15.8 Å². The van der Waals surface area contributed by atoms with E-state index in [1.165, 1.54) is 22.5 Å². The molecule has 0 saturated carbocycles. The summed E-state index contributed by atoms with van der Waals surface area (Å²) in [5, 5.41) is 11.4. The molecule has 160 valence electrons. The molecule has 0 unspecified atom stereocenters. The molecule has 0 spiro atoms. The van der Waals surface area contributed by atoms with Gasteiger partial charge in [0.1, 0.15) is 11.5 Å². The van der Waals surface area contributed by atoms with Crippen LogP contribution in [0.3, 0.4) is 0 Å². The van der Waals surface area contributed by atoms with Crippen molar-refractivity contribution in [2.75, 3.05) is 18.8 Å². The van der Waals surface area contributed by atoms with Gasteiger partial charge in [-0.1, -0.05) is 10.3 Å². The van der Waals surface area contributed by atoms with Crippen molar-refractivity contribution in [2.24, 2.45) is 0 Å². The minimum atomic E-state index is -3.32. The van der Waals surface area contributed by atoms with Gasteiger partial charge in [-0.3, -0.25) is 4.52 Å². The summed E-state index contributed by atoms with van der Waals surface area (Å²) in [5.41, 5.74) is 0.796. The van der Waals surface area contributed by atoms with Crippen LogP contribution in [-0.2, 0) is 16.4 Å². The quantitative estimate of drug-likeness (QED) is 0.482. The zero-order valence-electron chi connectivity index (χ0n) is 15.6. The van der Waals surface area contributed by atoms with E-state index in [0.717, 1.165) is 17.4 Å². The van der Waals surface area contributed by atoms with Crippen molar-refractivity contribution in [3.05, 3.63) is 44.7 Å². The maximum atomic E-state index is 13.6. The van der Waals surface area contributed by atoms with Gasteiger partial charge in [0.25, 0.3) is 0 Å². The number of rotatable bonds is 7. The second-order valence-corrected chi connectivity index (χ2v) is 9.73. The van der Waals surface area contributed by atoms with Crippen LogP contribution in [0.25, 0.3) is 17.2 Å². The van der Waals surface area contributed by atoms with Crippen molar-refractivity contribution >= 4 is 26.0 Å². The SMILES string of the molecule is O=c1onc(-c2nonc2CCCS(=O)(=O)N2CCCC2)n1-c1ccc(F)c(Br)c1. The molecule has 13 heteroatoms. The molecule has 0 bridgehead atoms. The van der Waals surface area contributed by atoms with Crippen molar-refractivity contribution in [2.45, 2.75) is 25.7 Å². The van der Waals surface area contributed by atoms with Gasteiger partial charge in [-0.05, 0) is 65.0 Å². The molecule has 1 aliphatic heterocycles. The van der Waals surface area contributed by atoms with E-state index in [4.69, 9.17) is 9.15 Å². The number of aryl methyl sites for hydroxylation is 1. The Morgan fingerprint density at radius 3 is 2.67 bits per heavy atom. The van der Waals surface area contributed by atoms with E-state index in [2.05, 4.69) is 31.4 Å². The van der Waals surface area contributed by atoms with E-state index >= 15 is 0 Å². The number of hydrogen-bond donors (Lipinski definition) is 0. The molecule has 3 heterocycles. The molecule has 0 aliphatic carbocycles. The normalized spacial score (nSPS) is 15.1. The molecule has 3 aromatic rings. The van der Waals surface area contributed by atoms with Crippen molar-refractivity contribution in [3.63, 3.8) is 0 Å². The average molecular weight is 502 g/mol. The summed E-state index contributed by atoms with van der Waals surface area (Å²) in [6.07, 6.45) is 2.30. The van der Waals surface area contributed by atoms with Gasteiger partial charge in [0.05, 0.1) is 15.9 Å². The van der Waals surface area contributed by atoms with Crippen LogP contribution in [0.5, 0.6) is 0 Å². The molecule has 0 amide bonds. The van der Waals surface area contributed by atoms with Gasteiger partial charge >= 0.3 is 5.76 Å². The summed E-state index contributed by atoms with van der Waals surface area (Å²) in [6.45, 7) is 1.11. The Morgan fingerprint density at radius 2 is 1.93 bits per heavy atom. The Balaban J connectivity index is 1.57. The first-order valence-electron chi connectivity index (χ1n) is 9.20. The van der Waals surface area contributed by atoms with Gasteiger partial charge in [-0.25, -0.2) is 31.1 Å². The smallest absolute Gasteiger partial charge is 0.295 e. The highest BCUT2D eigenvalue weighted by molar-refractivity contribution is 9.10. The third kappa shape index (κ3) is 4.09. The number of aromatic nitrogens is 4. The van der Waals surface area contributed by atoms with Crippen LogP contribution in [0.2, 0.25) is 0 Å². The molecule has 4 rings (SSSR count). The van der Waals surface area contributed by atoms with Gasteiger partial charge < -0.3 is 0 Å². The molecule has 0 atom stereocenters. The van der Waals surface area contributed by atoms with Crippen LogP contribution < -0.4 is 5.76 Å². The second-order valence-electron chi connectivity index (χ2n) is 6.79. The Hall–Kier alpha value is -2.38. The molecule has 0 N–H and O–H groups in total. The minimum absolute atomic E-state index is 0.0251. The molecule has 30 heavy (non-hydrogen) atoms. The Morgan fingerprint density at radius 1 is 1.17 bits per heavy atom. The minimum Gasteiger partial charge on any atom is -0.295 e. The van der Waals surface area contributed by atoms with E-state index in [-0.39, 0.29) is 28.2 Å². The van der Waals surface area contributed by atoms with Crippen molar-refractivity contribution in [1.29, 1.82) is 0 Å². The van der Waals surface area contributed by atoms with Gasteiger partial charge in [0.15, 0.2) is 5.69 Å². The molecule has 1 fully saturated rings. The van der Waals surface area contributed by atoms with Gasteiger partial charge in [-0.15, -0.1) is 0 Å². The standard InChI is InChI=1S/C17H17BrFN5O5S/c18-12-10-11(5-6-13(12)19)24-16(22-28-17(24)25)15-14(20-29-21-15)4-3-9-30(26,27)23-7-1-2-8-23/h5-6,10H,1-4,7-9H2. The summed E-state index contributed by atoms with van der Waals surface area (Å²) < 4.78 is 50.6. The first-order chi connectivity index (χ1) is 14.4. The lowest BCUT2D eigenvalue weighted by Gasteiger charge is -2.14. The largest absolute Gasteiger partial charge is 0.446 e. The highest BCUT2D eigenvalue weighted by atomic mass is 79.9. The van der Waals surface area contributed by atoms with E-state index < -0.39 is 21.6 Å². The highest BCUT2D eigenvalue weighted by Crippen LogP contribution is 2.25. The van der Waals surface area contributed by atoms with Crippen molar-refractivity contribution in [3.8, 4) is 17.2 Å². The van der Waals surface area contributed by atoms with E-state index in [1.54, 1.807) is 0 Å². The molecule has 1 aliphatic rings. The predicted molar refractivity (Wildman–Crippen MR) is 106 cm³/mol. The maximum Gasteiger partial charge on any atom is 0.446 e. The maximum absolute atomic E-state index is 13.6. The van der Waals surface area contributed by atoms with Crippen LogP contribution in [0.1, 0.15) is 25.0 Å². The molecule has 0 radical (unpaired) electrons. The fraction of sp³-hybridized carbons (Fsp3) is 0.412. The Kier molecular flexibility index (Phi) is 5.84. The molecule has 2 aromatic heterocycles. The van der Waals surface area contributed by atoms with Crippen LogP contribution in [0.15, 0.2) is 36.6 Å². The molecular weight excluding hydrogens is 485 g/mol.